The molecule has 0 heterocycles. The number of carbonyl (C=O) groups excluding carboxylic acids is 1. The van der Waals surface area contributed by atoms with Crippen LogP contribution in [0.2, 0.25) is 0 Å². The maximum absolute atomic E-state index is 11.8. The van der Waals surface area contributed by atoms with Crippen LogP contribution in [0.1, 0.15) is 0 Å². The molecule has 0 saturated heterocycles. The summed E-state index contributed by atoms with van der Waals surface area (Å²) in [6.45, 7) is 3.61. The SMILES string of the molecule is C=CCOCC(NC(=O)CSc1ccc(OC)cc1)C(=O)O. The fourth-order valence-corrected chi connectivity index (χ4v) is 2.21. The Morgan fingerprint density at radius 3 is 2.64 bits per heavy atom. The molecule has 2 N–H and O–H groups in total. The number of carbonyl (C=O) groups is 2. The van der Waals surface area contributed by atoms with Crippen LogP contribution in [0, 0.1) is 0 Å². The third-order valence-corrected chi connectivity index (χ3v) is 3.59. The lowest BCUT2D eigenvalue weighted by atomic mass is 10.3. The van der Waals surface area contributed by atoms with Gasteiger partial charge in [-0.15, -0.1) is 18.3 Å². The number of nitrogens with one attached hydrogen (secondary N) is 1. The van der Waals surface area contributed by atoms with Crippen LogP contribution >= 0.6 is 11.8 Å². The summed E-state index contributed by atoms with van der Waals surface area (Å²) in [5, 5.41) is 11.4. The zero-order valence-electron chi connectivity index (χ0n) is 12.3. The molecule has 1 aromatic rings. The van der Waals surface area contributed by atoms with Crippen LogP contribution < -0.4 is 10.1 Å². The first-order chi connectivity index (χ1) is 10.6. The second-order valence-corrected chi connectivity index (χ2v) is 5.30. The van der Waals surface area contributed by atoms with Crippen LogP contribution in [0.15, 0.2) is 41.8 Å². The summed E-state index contributed by atoms with van der Waals surface area (Å²) in [6.07, 6.45) is 1.51. The van der Waals surface area contributed by atoms with Gasteiger partial charge in [0.2, 0.25) is 5.91 Å². The van der Waals surface area contributed by atoms with Gasteiger partial charge in [-0.05, 0) is 24.3 Å². The quantitative estimate of drug-likeness (QED) is 0.386. The Kier molecular flexibility index (Phi) is 8.09. The molecule has 1 aromatic carbocycles. The highest BCUT2D eigenvalue weighted by Crippen LogP contribution is 2.20. The van der Waals surface area contributed by atoms with Crippen LogP contribution in [0.5, 0.6) is 5.75 Å². The number of aliphatic carboxylic acids is 1. The van der Waals surface area contributed by atoms with Gasteiger partial charge in [0.05, 0.1) is 26.1 Å². The highest BCUT2D eigenvalue weighted by Gasteiger charge is 2.19. The zero-order chi connectivity index (χ0) is 16.4. The molecule has 1 amide bonds. The van der Waals surface area contributed by atoms with Gasteiger partial charge in [-0.25, -0.2) is 4.79 Å². The molecule has 7 heteroatoms. The van der Waals surface area contributed by atoms with Crippen molar-refractivity contribution >= 4 is 23.6 Å². The van der Waals surface area contributed by atoms with E-state index in [1.165, 1.54) is 17.8 Å². The molecular weight excluding hydrogens is 306 g/mol. The van der Waals surface area contributed by atoms with E-state index in [4.69, 9.17) is 14.6 Å². The summed E-state index contributed by atoms with van der Waals surface area (Å²) in [5.41, 5.74) is 0. The minimum atomic E-state index is -1.13. The molecular formula is C15H19NO5S. The van der Waals surface area contributed by atoms with Crippen molar-refractivity contribution in [2.24, 2.45) is 0 Å². The summed E-state index contributed by atoms with van der Waals surface area (Å²) >= 11 is 1.31. The number of hydrogen-bond acceptors (Lipinski definition) is 5. The predicted molar refractivity (Wildman–Crippen MR) is 84.3 cm³/mol. The molecule has 1 rings (SSSR count). The smallest absolute Gasteiger partial charge is 0.328 e. The second kappa shape index (κ2) is 9.86. The van der Waals surface area contributed by atoms with Crippen LogP contribution in [-0.4, -0.2) is 49.1 Å². The van der Waals surface area contributed by atoms with E-state index in [0.29, 0.717) is 0 Å². The van der Waals surface area contributed by atoms with E-state index in [9.17, 15) is 9.59 Å². The first kappa shape index (κ1) is 18.1. The predicted octanol–water partition coefficient (Wildman–Crippen LogP) is 1.56. The highest BCUT2D eigenvalue weighted by atomic mass is 32.2. The maximum Gasteiger partial charge on any atom is 0.328 e. The Labute approximate surface area is 133 Å². The molecule has 22 heavy (non-hydrogen) atoms. The van der Waals surface area contributed by atoms with Gasteiger partial charge in [0.25, 0.3) is 0 Å². The maximum atomic E-state index is 11.8. The molecule has 1 unspecified atom stereocenters. The van der Waals surface area contributed by atoms with Crippen LogP contribution in [0.25, 0.3) is 0 Å². The number of amides is 1. The molecule has 120 valence electrons. The minimum absolute atomic E-state index is 0.0969. The van der Waals surface area contributed by atoms with Crippen molar-refractivity contribution in [1.82, 2.24) is 5.32 Å². The third-order valence-electron chi connectivity index (χ3n) is 2.58. The number of carboxylic acids is 1. The molecule has 1 atom stereocenters. The first-order valence-corrected chi connectivity index (χ1v) is 7.53. The van der Waals surface area contributed by atoms with Gasteiger partial charge in [-0.2, -0.15) is 0 Å². The van der Waals surface area contributed by atoms with Crippen molar-refractivity contribution < 1.29 is 24.2 Å². The summed E-state index contributed by atoms with van der Waals surface area (Å²) in [7, 11) is 1.58. The van der Waals surface area contributed by atoms with E-state index in [2.05, 4.69) is 11.9 Å². The number of ether oxygens (including phenoxy) is 2. The van der Waals surface area contributed by atoms with E-state index in [1.807, 2.05) is 12.1 Å². The summed E-state index contributed by atoms with van der Waals surface area (Å²) < 4.78 is 10.1. The molecule has 0 aliphatic carbocycles. The van der Waals surface area contributed by atoms with Crippen molar-refractivity contribution in [3.8, 4) is 5.75 Å². The first-order valence-electron chi connectivity index (χ1n) is 6.54. The Hall–Kier alpha value is -1.99. The van der Waals surface area contributed by atoms with E-state index in [1.54, 1.807) is 19.2 Å². The van der Waals surface area contributed by atoms with Crippen molar-refractivity contribution in [1.29, 1.82) is 0 Å². The van der Waals surface area contributed by atoms with Crippen molar-refractivity contribution in [2.75, 3.05) is 26.1 Å². The molecule has 0 fully saturated rings. The Balaban J connectivity index is 2.42. The molecule has 0 bridgehead atoms. The van der Waals surface area contributed by atoms with E-state index < -0.39 is 12.0 Å². The number of methoxy groups -OCH3 is 1. The molecule has 0 aliphatic rings. The van der Waals surface area contributed by atoms with Gasteiger partial charge in [0, 0.05) is 4.90 Å². The van der Waals surface area contributed by atoms with Gasteiger partial charge in [-0.1, -0.05) is 6.08 Å². The lowest BCUT2D eigenvalue weighted by Crippen LogP contribution is -2.44. The van der Waals surface area contributed by atoms with Gasteiger partial charge >= 0.3 is 5.97 Å². The van der Waals surface area contributed by atoms with Crippen LogP contribution in [-0.2, 0) is 14.3 Å². The van der Waals surface area contributed by atoms with E-state index in [-0.39, 0.29) is 24.9 Å². The molecule has 0 spiro atoms. The molecule has 6 nitrogen and oxygen atoms in total. The Morgan fingerprint density at radius 1 is 1.41 bits per heavy atom. The average Bonchev–Trinajstić information content (AvgIpc) is 2.52. The molecule has 0 saturated carbocycles. The average molecular weight is 325 g/mol. The number of thioether (sulfide) groups is 1. The van der Waals surface area contributed by atoms with Crippen LogP contribution in [0.4, 0.5) is 0 Å². The van der Waals surface area contributed by atoms with E-state index >= 15 is 0 Å². The zero-order valence-corrected chi connectivity index (χ0v) is 13.1. The highest BCUT2D eigenvalue weighted by molar-refractivity contribution is 8.00. The van der Waals surface area contributed by atoms with Crippen LogP contribution in [0.3, 0.4) is 0 Å². The number of benzene rings is 1. The summed E-state index contributed by atoms with van der Waals surface area (Å²) in [4.78, 5) is 23.7. The number of hydrogen-bond donors (Lipinski definition) is 2. The second-order valence-electron chi connectivity index (χ2n) is 4.25. The monoisotopic (exact) mass is 325 g/mol. The van der Waals surface area contributed by atoms with Crippen molar-refractivity contribution in [2.45, 2.75) is 10.9 Å². The van der Waals surface area contributed by atoms with Crippen molar-refractivity contribution in [3.05, 3.63) is 36.9 Å². The van der Waals surface area contributed by atoms with Gasteiger partial charge in [0.15, 0.2) is 6.04 Å². The Bertz CT molecular complexity index is 503. The minimum Gasteiger partial charge on any atom is -0.497 e. The molecule has 0 radical (unpaired) electrons. The van der Waals surface area contributed by atoms with Gasteiger partial charge in [0.1, 0.15) is 5.75 Å². The summed E-state index contributed by atoms with van der Waals surface area (Å²) in [5.74, 6) is -0.640. The fourth-order valence-electron chi connectivity index (χ4n) is 1.50. The van der Waals surface area contributed by atoms with Gasteiger partial charge < -0.3 is 19.9 Å². The number of carboxylic acid groups (broad SMARTS) is 1. The number of rotatable bonds is 10. The molecule has 0 aromatic heterocycles. The molecule has 0 aliphatic heterocycles. The largest absolute Gasteiger partial charge is 0.497 e. The Morgan fingerprint density at radius 2 is 2.09 bits per heavy atom. The summed E-state index contributed by atoms with van der Waals surface area (Å²) in [6, 6.07) is 6.19. The fraction of sp³-hybridized carbons (Fsp3) is 0.333. The van der Waals surface area contributed by atoms with Gasteiger partial charge in [-0.3, -0.25) is 4.79 Å². The lowest BCUT2D eigenvalue weighted by molar-refractivity contribution is -0.143. The topological polar surface area (TPSA) is 84.9 Å². The lowest BCUT2D eigenvalue weighted by Gasteiger charge is -2.14. The van der Waals surface area contributed by atoms with E-state index in [0.717, 1.165) is 10.6 Å². The third kappa shape index (κ3) is 6.64. The standard InChI is InChI=1S/C15H19NO5S/c1-3-8-21-9-13(15(18)19)16-14(17)10-22-12-6-4-11(20-2)5-7-12/h3-7,13H,1,8-10H2,2H3,(H,16,17)(H,18,19). The normalized spacial score (nSPS) is 11.5. The van der Waals surface area contributed by atoms with Crippen molar-refractivity contribution in [3.63, 3.8) is 0 Å².